The molecular formula is C27H29ClN4O3. The predicted octanol–water partition coefficient (Wildman–Crippen LogP) is 5.80. The Morgan fingerprint density at radius 3 is 2.31 bits per heavy atom. The maximum atomic E-state index is 13.1. The van der Waals surface area contributed by atoms with E-state index in [4.69, 9.17) is 11.6 Å². The Balaban J connectivity index is 1.62. The Kier molecular flexibility index (Phi) is 9.26. The normalized spacial score (nSPS) is 10.4. The van der Waals surface area contributed by atoms with Gasteiger partial charge in [-0.15, -0.1) is 0 Å². The van der Waals surface area contributed by atoms with Crippen LogP contribution in [-0.4, -0.2) is 30.8 Å². The Labute approximate surface area is 210 Å². The maximum Gasteiger partial charge on any atom is 0.258 e. The van der Waals surface area contributed by atoms with Crippen LogP contribution < -0.4 is 20.9 Å². The van der Waals surface area contributed by atoms with Gasteiger partial charge in [0.25, 0.3) is 5.91 Å². The number of nitrogens with one attached hydrogen (secondary N) is 3. The SMILES string of the molecule is CCCC(=O)Nc1ccc(Cl)c(NC(=O)CNc2cccc(C(=O)N(CC)c3ccccc3)c2)c1. The molecule has 0 atom stereocenters. The van der Waals surface area contributed by atoms with E-state index in [2.05, 4.69) is 16.0 Å². The Morgan fingerprint density at radius 1 is 0.829 bits per heavy atom. The fourth-order valence-electron chi connectivity index (χ4n) is 3.50. The minimum atomic E-state index is -0.319. The number of amides is 3. The molecule has 3 aromatic carbocycles. The second-order valence-corrected chi connectivity index (χ2v) is 8.27. The van der Waals surface area contributed by atoms with Crippen molar-refractivity contribution in [3.05, 3.63) is 83.4 Å². The van der Waals surface area contributed by atoms with E-state index in [0.717, 1.165) is 12.1 Å². The zero-order valence-electron chi connectivity index (χ0n) is 19.8. The summed E-state index contributed by atoms with van der Waals surface area (Å²) in [5.41, 5.74) is 2.93. The monoisotopic (exact) mass is 492 g/mol. The molecule has 0 aliphatic rings. The van der Waals surface area contributed by atoms with E-state index in [1.165, 1.54) is 0 Å². The molecule has 0 aromatic heterocycles. The standard InChI is InChI=1S/C27H29ClN4O3/c1-3-9-25(33)30-21-14-15-23(28)24(17-21)31-26(34)18-29-20-11-8-10-19(16-20)27(35)32(4-2)22-12-6-5-7-13-22/h5-8,10-17,29H,3-4,9,18H2,1-2H3,(H,30,33)(H,31,34). The summed E-state index contributed by atoms with van der Waals surface area (Å²) in [6, 6.07) is 21.4. The number of halogens is 1. The number of para-hydroxylation sites is 1. The second kappa shape index (κ2) is 12.6. The Bertz CT molecular complexity index is 1180. The van der Waals surface area contributed by atoms with Crippen LogP contribution in [0.3, 0.4) is 0 Å². The number of benzene rings is 3. The van der Waals surface area contributed by atoms with Crippen LogP contribution in [0.4, 0.5) is 22.7 Å². The molecule has 3 rings (SSSR count). The summed E-state index contributed by atoms with van der Waals surface area (Å²) in [5, 5.41) is 8.94. The molecule has 8 heteroatoms. The third-order valence-electron chi connectivity index (χ3n) is 5.19. The number of nitrogens with zero attached hydrogens (tertiary/aromatic N) is 1. The Morgan fingerprint density at radius 2 is 1.60 bits per heavy atom. The van der Waals surface area contributed by atoms with Crippen molar-refractivity contribution in [3.8, 4) is 0 Å². The van der Waals surface area contributed by atoms with Gasteiger partial charge in [0, 0.05) is 35.6 Å². The van der Waals surface area contributed by atoms with E-state index in [1.54, 1.807) is 47.4 Å². The molecule has 0 saturated carbocycles. The van der Waals surface area contributed by atoms with Crippen LogP contribution >= 0.6 is 11.6 Å². The molecule has 3 amide bonds. The third-order valence-corrected chi connectivity index (χ3v) is 5.52. The molecule has 0 radical (unpaired) electrons. The molecule has 0 saturated heterocycles. The summed E-state index contributed by atoms with van der Waals surface area (Å²) in [5.74, 6) is -0.544. The van der Waals surface area contributed by atoms with E-state index < -0.39 is 0 Å². The molecule has 0 aliphatic heterocycles. The van der Waals surface area contributed by atoms with Gasteiger partial charge in [0.05, 0.1) is 17.3 Å². The lowest BCUT2D eigenvalue weighted by molar-refractivity contribution is -0.116. The van der Waals surface area contributed by atoms with Gasteiger partial charge in [0.2, 0.25) is 11.8 Å². The summed E-state index contributed by atoms with van der Waals surface area (Å²) in [4.78, 5) is 39.1. The molecule has 0 heterocycles. The molecule has 0 spiro atoms. The molecule has 0 aliphatic carbocycles. The van der Waals surface area contributed by atoms with Gasteiger partial charge in [-0.05, 0) is 61.9 Å². The largest absolute Gasteiger partial charge is 0.376 e. The highest BCUT2D eigenvalue weighted by Gasteiger charge is 2.16. The molecular weight excluding hydrogens is 464 g/mol. The van der Waals surface area contributed by atoms with Crippen LogP contribution in [0, 0.1) is 0 Å². The van der Waals surface area contributed by atoms with Gasteiger partial charge in [-0.25, -0.2) is 0 Å². The zero-order valence-corrected chi connectivity index (χ0v) is 20.6. The summed E-state index contributed by atoms with van der Waals surface area (Å²) in [7, 11) is 0. The molecule has 35 heavy (non-hydrogen) atoms. The molecule has 182 valence electrons. The van der Waals surface area contributed by atoms with Crippen LogP contribution in [0.15, 0.2) is 72.8 Å². The van der Waals surface area contributed by atoms with E-state index in [9.17, 15) is 14.4 Å². The lowest BCUT2D eigenvalue weighted by atomic mass is 10.1. The second-order valence-electron chi connectivity index (χ2n) is 7.86. The van der Waals surface area contributed by atoms with Crippen LogP contribution in [0.25, 0.3) is 0 Å². The third kappa shape index (κ3) is 7.32. The number of hydrogen-bond acceptors (Lipinski definition) is 4. The van der Waals surface area contributed by atoms with Gasteiger partial charge in [0.15, 0.2) is 0 Å². The molecule has 0 unspecified atom stereocenters. The van der Waals surface area contributed by atoms with Gasteiger partial charge in [0.1, 0.15) is 0 Å². The van der Waals surface area contributed by atoms with E-state index >= 15 is 0 Å². The molecule has 3 aromatic rings. The van der Waals surface area contributed by atoms with E-state index in [1.807, 2.05) is 44.2 Å². The van der Waals surface area contributed by atoms with Crippen LogP contribution in [0.2, 0.25) is 5.02 Å². The van der Waals surface area contributed by atoms with Crippen LogP contribution in [0.1, 0.15) is 37.0 Å². The first-order valence-corrected chi connectivity index (χ1v) is 11.9. The Hall–Kier alpha value is -3.84. The van der Waals surface area contributed by atoms with Gasteiger partial charge in [-0.2, -0.15) is 0 Å². The van der Waals surface area contributed by atoms with Gasteiger partial charge in [-0.1, -0.05) is 42.8 Å². The first kappa shape index (κ1) is 25.8. The highest BCUT2D eigenvalue weighted by atomic mass is 35.5. The van der Waals surface area contributed by atoms with Crippen LogP contribution in [0.5, 0.6) is 0 Å². The first-order chi connectivity index (χ1) is 16.9. The van der Waals surface area contributed by atoms with Crippen molar-refractivity contribution >= 4 is 52.1 Å². The summed E-state index contributed by atoms with van der Waals surface area (Å²) in [6.07, 6.45) is 1.15. The fourth-order valence-corrected chi connectivity index (χ4v) is 3.66. The van der Waals surface area contributed by atoms with Crippen molar-refractivity contribution in [2.75, 3.05) is 33.9 Å². The molecule has 3 N–H and O–H groups in total. The van der Waals surface area contributed by atoms with Crippen molar-refractivity contribution < 1.29 is 14.4 Å². The van der Waals surface area contributed by atoms with Gasteiger partial charge in [-0.3, -0.25) is 14.4 Å². The summed E-state index contributed by atoms with van der Waals surface area (Å²) in [6.45, 7) is 4.35. The van der Waals surface area contributed by atoms with Crippen molar-refractivity contribution in [3.63, 3.8) is 0 Å². The minimum Gasteiger partial charge on any atom is -0.376 e. The average Bonchev–Trinajstić information content (AvgIpc) is 2.86. The van der Waals surface area contributed by atoms with Crippen LogP contribution in [-0.2, 0) is 9.59 Å². The first-order valence-electron chi connectivity index (χ1n) is 11.5. The van der Waals surface area contributed by atoms with E-state index in [-0.39, 0.29) is 24.3 Å². The highest BCUT2D eigenvalue weighted by molar-refractivity contribution is 6.34. The minimum absolute atomic E-state index is 0.0312. The molecule has 0 bridgehead atoms. The van der Waals surface area contributed by atoms with E-state index in [0.29, 0.717) is 40.6 Å². The summed E-state index contributed by atoms with van der Waals surface area (Å²) >= 11 is 6.21. The lowest BCUT2D eigenvalue weighted by Crippen LogP contribution is -2.30. The smallest absolute Gasteiger partial charge is 0.258 e. The number of carbonyl (C=O) groups is 3. The van der Waals surface area contributed by atoms with Gasteiger partial charge < -0.3 is 20.9 Å². The number of rotatable bonds is 10. The van der Waals surface area contributed by atoms with Crippen molar-refractivity contribution in [2.45, 2.75) is 26.7 Å². The fraction of sp³-hybridized carbons (Fsp3) is 0.222. The lowest BCUT2D eigenvalue weighted by Gasteiger charge is -2.21. The highest BCUT2D eigenvalue weighted by Crippen LogP contribution is 2.26. The topological polar surface area (TPSA) is 90.5 Å². The molecule has 0 fully saturated rings. The molecule has 7 nitrogen and oxygen atoms in total. The van der Waals surface area contributed by atoms with Crippen molar-refractivity contribution in [2.24, 2.45) is 0 Å². The van der Waals surface area contributed by atoms with Crippen molar-refractivity contribution in [1.29, 1.82) is 0 Å². The maximum absolute atomic E-state index is 13.1. The van der Waals surface area contributed by atoms with Crippen molar-refractivity contribution in [1.82, 2.24) is 0 Å². The number of anilines is 4. The van der Waals surface area contributed by atoms with Gasteiger partial charge >= 0.3 is 0 Å². The predicted molar refractivity (Wildman–Crippen MR) is 142 cm³/mol. The zero-order chi connectivity index (χ0) is 25.2. The summed E-state index contributed by atoms with van der Waals surface area (Å²) < 4.78 is 0. The number of carbonyl (C=O) groups excluding carboxylic acids is 3. The average molecular weight is 493 g/mol. The quantitative estimate of drug-likeness (QED) is 0.334. The number of hydrogen-bond donors (Lipinski definition) is 3.